The molecule has 0 atom stereocenters. The van der Waals surface area contributed by atoms with E-state index in [0.717, 1.165) is 25.6 Å². The fourth-order valence-electron chi connectivity index (χ4n) is 2.08. The number of aromatic nitrogens is 2. The van der Waals surface area contributed by atoms with Crippen molar-refractivity contribution < 1.29 is 17.8 Å². The van der Waals surface area contributed by atoms with Gasteiger partial charge in [-0.1, -0.05) is 13.3 Å². The molecule has 0 spiro atoms. The Morgan fingerprint density at radius 2 is 1.79 bits per heavy atom. The predicted molar refractivity (Wildman–Crippen MR) is 75.7 cm³/mol. The zero-order valence-electron chi connectivity index (χ0n) is 12.6. The standard InChI is InChI=1S/C13H27N2O3Si/c1-5-6-8-14-10-11-15(13-14)9-7-12-19(16-2,17-3)18-4/h10-11,13H,5-9,12H2,1-4H3/q+1. The van der Waals surface area contributed by atoms with E-state index in [1.54, 1.807) is 21.3 Å². The van der Waals surface area contributed by atoms with Gasteiger partial charge < -0.3 is 13.3 Å². The summed E-state index contributed by atoms with van der Waals surface area (Å²) in [6.07, 6.45) is 9.84. The summed E-state index contributed by atoms with van der Waals surface area (Å²) in [6.45, 7) is 4.27. The topological polar surface area (TPSA) is 36.5 Å². The highest BCUT2D eigenvalue weighted by atomic mass is 28.4. The largest absolute Gasteiger partial charge is 0.500 e. The average molecular weight is 287 g/mol. The summed E-state index contributed by atoms with van der Waals surface area (Å²) in [6, 6.07) is 0.837. The van der Waals surface area contributed by atoms with Crippen LogP contribution in [-0.2, 0) is 26.4 Å². The number of hydrogen-bond acceptors (Lipinski definition) is 3. The lowest BCUT2D eigenvalue weighted by Crippen LogP contribution is -2.43. The molecule has 0 aliphatic rings. The minimum Gasteiger partial charge on any atom is -0.377 e. The number of rotatable bonds is 10. The van der Waals surface area contributed by atoms with Gasteiger partial charge >= 0.3 is 8.80 Å². The predicted octanol–water partition coefficient (Wildman–Crippen LogP) is 1.84. The summed E-state index contributed by atoms with van der Waals surface area (Å²) < 4.78 is 20.7. The Hall–Kier alpha value is -0.693. The van der Waals surface area contributed by atoms with E-state index in [4.69, 9.17) is 13.3 Å². The summed E-state index contributed by atoms with van der Waals surface area (Å²) >= 11 is 0. The molecule has 1 rings (SSSR count). The Morgan fingerprint density at radius 3 is 2.37 bits per heavy atom. The SMILES string of the molecule is CCCCn1cc[n+](CCC[Si](OC)(OC)OC)c1. The maximum absolute atomic E-state index is 5.41. The van der Waals surface area contributed by atoms with Crippen LogP contribution in [0.15, 0.2) is 18.7 Å². The van der Waals surface area contributed by atoms with Crippen LogP contribution in [0.25, 0.3) is 0 Å². The highest BCUT2D eigenvalue weighted by molar-refractivity contribution is 6.60. The van der Waals surface area contributed by atoms with Crippen LogP contribution >= 0.6 is 0 Å². The van der Waals surface area contributed by atoms with Crippen molar-refractivity contribution in [1.82, 2.24) is 4.57 Å². The van der Waals surface area contributed by atoms with Crippen molar-refractivity contribution >= 4 is 8.80 Å². The average Bonchev–Trinajstić information content (AvgIpc) is 2.90. The Kier molecular flexibility index (Phi) is 7.30. The smallest absolute Gasteiger partial charge is 0.377 e. The van der Waals surface area contributed by atoms with Gasteiger partial charge in [-0.15, -0.1) is 0 Å². The van der Waals surface area contributed by atoms with E-state index in [1.165, 1.54) is 12.8 Å². The molecule has 6 heteroatoms. The summed E-state index contributed by atoms with van der Waals surface area (Å²) in [5.41, 5.74) is 0. The Morgan fingerprint density at radius 1 is 1.11 bits per heavy atom. The molecule has 0 bridgehead atoms. The number of nitrogens with zero attached hydrogens (tertiary/aromatic N) is 2. The Bertz CT molecular complexity index is 345. The first-order valence-electron chi connectivity index (χ1n) is 6.90. The molecule has 1 heterocycles. The van der Waals surface area contributed by atoms with Gasteiger partial charge in [0.05, 0.1) is 13.1 Å². The van der Waals surface area contributed by atoms with Crippen molar-refractivity contribution in [3.05, 3.63) is 18.7 Å². The molecule has 1 aromatic rings. The summed E-state index contributed by atoms with van der Waals surface area (Å²) in [7, 11) is 2.58. The van der Waals surface area contributed by atoms with Gasteiger partial charge in [0, 0.05) is 27.4 Å². The Labute approximate surface area is 117 Å². The van der Waals surface area contributed by atoms with E-state index in [1.807, 2.05) is 0 Å². The third-order valence-electron chi connectivity index (χ3n) is 3.35. The molecule has 0 saturated heterocycles. The molecule has 0 unspecified atom stereocenters. The molecule has 0 aliphatic heterocycles. The van der Waals surface area contributed by atoms with Crippen LogP contribution in [-0.4, -0.2) is 34.7 Å². The van der Waals surface area contributed by atoms with E-state index in [-0.39, 0.29) is 0 Å². The van der Waals surface area contributed by atoms with Gasteiger partial charge in [-0.3, -0.25) is 0 Å². The minimum absolute atomic E-state index is 0.837. The first-order chi connectivity index (χ1) is 9.19. The van der Waals surface area contributed by atoms with Gasteiger partial charge in [0.25, 0.3) is 0 Å². The molecule has 0 saturated carbocycles. The number of imidazole rings is 1. The van der Waals surface area contributed by atoms with Crippen molar-refractivity contribution in [2.45, 2.75) is 45.3 Å². The second kappa shape index (κ2) is 8.47. The lowest BCUT2D eigenvalue weighted by atomic mass is 10.3. The molecule has 0 aliphatic carbocycles. The lowest BCUT2D eigenvalue weighted by molar-refractivity contribution is -0.696. The van der Waals surface area contributed by atoms with Gasteiger partial charge in [-0.2, -0.15) is 0 Å². The molecule has 0 fully saturated rings. The van der Waals surface area contributed by atoms with Crippen LogP contribution in [0.3, 0.4) is 0 Å². The molecule has 0 amide bonds. The zero-order valence-corrected chi connectivity index (χ0v) is 13.6. The van der Waals surface area contributed by atoms with Crippen molar-refractivity contribution in [3.63, 3.8) is 0 Å². The molecule has 110 valence electrons. The van der Waals surface area contributed by atoms with Crippen LogP contribution in [0, 0.1) is 0 Å². The van der Waals surface area contributed by atoms with Gasteiger partial charge in [0.2, 0.25) is 6.33 Å². The molecule has 1 aromatic heterocycles. The van der Waals surface area contributed by atoms with Crippen molar-refractivity contribution in [2.75, 3.05) is 21.3 Å². The molecule has 5 nitrogen and oxygen atoms in total. The molecule has 19 heavy (non-hydrogen) atoms. The first-order valence-corrected chi connectivity index (χ1v) is 8.83. The first kappa shape index (κ1) is 16.4. The van der Waals surface area contributed by atoms with E-state index < -0.39 is 8.80 Å². The lowest BCUT2D eigenvalue weighted by Gasteiger charge is -2.23. The van der Waals surface area contributed by atoms with Gasteiger partial charge in [-0.25, -0.2) is 9.13 Å². The molecular weight excluding hydrogens is 260 g/mol. The van der Waals surface area contributed by atoms with Crippen molar-refractivity contribution in [3.8, 4) is 0 Å². The fraction of sp³-hybridized carbons (Fsp3) is 0.769. The van der Waals surface area contributed by atoms with Gasteiger partial charge in [0.15, 0.2) is 0 Å². The minimum atomic E-state index is -2.41. The molecule has 0 aromatic carbocycles. The summed E-state index contributed by atoms with van der Waals surface area (Å²) in [5, 5.41) is 0. The van der Waals surface area contributed by atoms with E-state index in [0.29, 0.717) is 0 Å². The zero-order chi connectivity index (χ0) is 14.1. The highest BCUT2D eigenvalue weighted by Crippen LogP contribution is 2.14. The number of hydrogen-bond donors (Lipinski definition) is 0. The molecule has 0 N–H and O–H groups in total. The van der Waals surface area contributed by atoms with Crippen LogP contribution in [0.4, 0.5) is 0 Å². The number of aryl methyl sites for hydroxylation is 2. The van der Waals surface area contributed by atoms with E-state index in [9.17, 15) is 0 Å². The van der Waals surface area contributed by atoms with Gasteiger partial charge in [0.1, 0.15) is 12.4 Å². The maximum Gasteiger partial charge on any atom is 0.500 e. The molecular formula is C13H27N2O3Si+. The second-order valence-corrected chi connectivity index (χ2v) is 7.73. The highest BCUT2D eigenvalue weighted by Gasteiger charge is 2.37. The van der Waals surface area contributed by atoms with E-state index >= 15 is 0 Å². The van der Waals surface area contributed by atoms with Crippen molar-refractivity contribution in [1.29, 1.82) is 0 Å². The third-order valence-corrected chi connectivity index (χ3v) is 6.18. The summed E-state index contributed by atoms with van der Waals surface area (Å²) in [4.78, 5) is 0. The van der Waals surface area contributed by atoms with Crippen LogP contribution in [0.2, 0.25) is 6.04 Å². The van der Waals surface area contributed by atoms with E-state index in [2.05, 4.69) is 34.8 Å². The third kappa shape index (κ3) is 5.06. The van der Waals surface area contributed by atoms with Crippen molar-refractivity contribution in [2.24, 2.45) is 0 Å². The van der Waals surface area contributed by atoms with Crippen LogP contribution < -0.4 is 4.57 Å². The van der Waals surface area contributed by atoms with Crippen LogP contribution in [0.1, 0.15) is 26.2 Å². The monoisotopic (exact) mass is 287 g/mol. The maximum atomic E-state index is 5.41. The quantitative estimate of drug-likeness (QED) is 0.487. The van der Waals surface area contributed by atoms with Gasteiger partial charge in [-0.05, 0) is 12.8 Å². The molecule has 0 radical (unpaired) electrons. The Balaban J connectivity index is 2.38. The number of unbranched alkanes of at least 4 members (excludes halogenated alkanes) is 1. The van der Waals surface area contributed by atoms with Crippen LogP contribution in [0.5, 0.6) is 0 Å². The second-order valence-electron chi connectivity index (χ2n) is 4.64. The normalized spacial score (nSPS) is 12.0. The summed E-state index contributed by atoms with van der Waals surface area (Å²) in [5.74, 6) is 0. The fourth-order valence-corrected chi connectivity index (χ4v) is 3.78.